The van der Waals surface area contributed by atoms with Crippen LogP contribution < -0.4 is 15.6 Å². The smallest absolute Gasteiger partial charge is 0.263 e. The summed E-state index contributed by atoms with van der Waals surface area (Å²) in [6, 6.07) is 29.7. The molecule has 5 aromatic rings. The minimum atomic E-state index is -0.227. The Balaban J connectivity index is 1.32. The number of nitrogens with zero attached hydrogens (tertiary/aromatic N) is 2. The molecule has 0 aliphatic heterocycles. The summed E-state index contributed by atoms with van der Waals surface area (Å²) in [5, 5.41) is 5.63. The number of thioether (sulfide) groups is 1. The Hall–Kier alpha value is -4.36. The maximum atomic E-state index is 14.7. The Labute approximate surface area is 255 Å². The van der Waals surface area contributed by atoms with Gasteiger partial charge in [0.1, 0.15) is 5.75 Å². The lowest BCUT2D eigenvalue weighted by Gasteiger charge is -2.42. The van der Waals surface area contributed by atoms with E-state index in [1.807, 2.05) is 72.8 Å². The van der Waals surface area contributed by atoms with Crippen molar-refractivity contribution < 1.29 is 9.53 Å². The average molecular weight is 588 g/mol. The fourth-order valence-electron chi connectivity index (χ4n) is 6.89. The maximum absolute atomic E-state index is 14.7. The lowest BCUT2D eigenvalue weighted by atomic mass is 9.62. The van der Waals surface area contributed by atoms with Crippen molar-refractivity contribution in [3.05, 3.63) is 112 Å². The van der Waals surface area contributed by atoms with Crippen molar-refractivity contribution in [2.75, 3.05) is 18.2 Å². The number of amides is 1. The van der Waals surface area contributed by atoms with E-state index >= 15 is 0 Å². The van der Waals surface area contributed by atoms with E-state index in [0.29, 0.717) is 16.6 Å². The lowest BCUT2D eigenvalue weighted by Crippen LogP contribution is -2.43. The molecule has 1 fully saturated rings. The zero-order valence-corrected chi connectivity index (χ0v) is 25.0. The highest BCUT2D eigenvalue weighted by molar-refractivity contribution is 7.99. The first-order chi connectivity index (χ1) is 21.1. The SMILES string of the molecule is COc1ccc(-n2c(SCC(=O)Nc3cccc4ccccc34)nc3c(c2=O)C2(CCCCC2)Cc2ccccc2-3)cc1. The van der Waals surface area contributed by atoms with E-state index in [1.165, 1.54) is 23.7 Å². The summed E-state index contributed by atoms with van der Waals surface area (Å²) in [7, 11) is 1.63. The van der Waals surface area contributed by atoms with E-state index in [9.17, 15) is 9.59 Å². The van der Waals surface area contributed by atoms with Crippen LogP contribution in [0.25, 0.3) is 27.7 Å². The molecule has 1 heterocycles. The van der Waals surface area contributed by atoms with Crippen LogP contribution in [0.2, 0.25) is 0 Å². The fourth-order valence-corrected chi connectivity index (χ4v) is 7.70. The second kappa shape index (κ2) is 11.4. The van der Waals surface area contributed by atoms with Crippen LogP contribution in [0.4, 0.5) is 5.69 Å². The fraction of sp³-hybridized carbons (Fsp3) is 0.250. The van der Waals surface area contributed by atoms with Gasteiger partial charge in [0, 0.05) is 22.1 Å². The molecule has 6 nitrogen and oxygen atoms in total. The molecule has 0 bridgehead atoms. The third-order valence-corrected chi connectivity index (χ3v) is 9.86. The normalized spacial score (nSPS) is 15.1. The Bertz CT molecular complexity index is 1890. The predicted molar refractivity (Wildman–Crippen MR) is 174 cm³/mol. The number of benzene rings is 4. The van der Waals surface area contributed by atoms with E-state index in [-0.39, 0.29) is 22.6 Å². The van der Waals surface area contributed by atoms with Crippen molar-refractivity contribution in [3.63, 3.8) is 0 Å². The van der Waals surface area contributed by atoms with E-state index in [2.05, 4.69) is 23.5 Å². The van der Waals surface area contributed by atoms with Crippen LogP contribution in [-0.4, -0.2) is 28.3 Å². The van der Waals surface area contributed by atoms with Crippen LogP contribution in [-0.2, 0) is 16.6 Å². The molecule has 2 aliphatic carbocycles. The highest BCUT2D eigenvalue weighted by atomic mass is 32.2. The average Bonchev–Trinajstić information content (AvgIpc) is 3.04. The van der Waals surface area contributed by atoms with Gasteiger partial charge in [-0.3, -0.25) is 14.2 Å². The molecule has 0 unspecified atom stereocenters. The monoisotopic (exact) mass is 587 g/mol. The molecule has 1 N–H and O–H groups in total. The van der Waals surface area contributed by atoms with Gasteiger partial charge in [-0.1, -0.05) is 91.7 Å². The van der Waals surface area contributed by atoms with Crippen molar-refractivity contribution in [3.8, 4) is 22.7 Å². The molecule has 0 radical (unpaired) electrons. The number of carbonyl (C=O) groups is 1. The number of anilines is 1. The van der Waals surface area contributed by atoms with Gasteiger partial charge < -0.3 is 10.1 Å². The largest absolute Gasteiger partial charge is 0.497 e. The van der Waals surface area contributed by atoms with Gasteiger partial charge in [0.2, 0.25) is 5.91 Å². The number of hydrogen-bond acceptors (Lipinski definition) is 5. The maximum Gasteiger partial charge on any atom is 0.263 e. The lowest BCUT2D eigenvalue weighted by molar-refractivity contribution is -0.113. The van der Waals surface area contributed by atoms with Crippen LogP contribution in [0.1, 0.15) is 43.2 Å². The quantitative estimate of drug-likeness (QED) is 0.164. The van der Waals surface area contributed by atoms with Crippen LogP contribution in [0.3, 0.4) is 0 Å². The van der Waals surface area contributed by atoms with E-state index in [1.54, 1.807) is 11.7 Å². The number of ether oxygens (including phenoxy) is 1. The minimum Gasteiger partial charge on any atom is -0.497 e. The molecule has 0 atom stereocenters. The molecule has 7 rings (SSSR count). The molecule has 1 aromatic heterocycles. The molecule has 216 valence electrons. The zero-order chi connectivity index (χ0) is 29.4. The van der Waals surface area contributed by atoms with E-state index in [4.69, 9.17) is 9.72 Å². The number of aromatic nitrogens is 2. The number of fused-ring (bicyclic) bond motifs is 5. The van der Waals surface area contributed by atoms with Crippen molar-refractivity contribution >= 4 is 34.1 Å². The van der Waals surface area contributed by atoms with Crippen molar-refractivity contribution in [2.24, 2.45) is 0 Å². The van der Waals surface area contributed by atoms with Crippen molar-refractivity contribution in [1.29, 1.82) is 0 Å². The van der Waals surface area contributed by atoms with E-state index < -0.39 is 0 Å². The van der Waals surface area contributed by atoms with E-state index in [0.717, 1.165) is 65.4 Å². The Morgan fingerprint density at radius 1 is 0.930 bits per heavy atom. The van der Waals surface area contributed by atoms with Crippen molar-refractivity contribution in [2.45, 2.75) is 49.1 Å². The van der Waals surface area contributed by atoms with Gasteiger partial charge in [-0.15, -0.1) is 0 Å². The highest BCUT2D eigenvalue weighted by Gasteiger charge is 2.43. The van der Waals surface area contributed by atoms with Gasteiger partial charge in [0.05, 0.1) is 29.8 Å². The van der Waals surface area contributed by atoms with Gasteiger partial charge >= 0.3 is 0 Å². The highest BCUT2D eigenvalue weighted by Crippen LogP contribution is 2.49. The molecule has 43 heavy (non-hydrogen) atoms. The molecular formula is C36H33N3O3S. The number of nitrogens with one attached hydrogen (secondary N) is 1. The Morgan fingerprint density at radius 3 is 2.49 bits per heavy atom. The van der Waals surface area contributed by atoms with Gasteiger partial charge in [0.15, 0.2) is 5.16 Å². The summed E-state index contributed by atoms with van der Waals surface area (Å²) >= 11 is 1.29. The number of hydrogen-bond donors (Lipinski definition) is 1. The molecule has 4 aromatic carbocycles. The Morgan fingerprint density at radius 2 is 1.67 bits per heavy atom. The number of methoxy groups -OCH3 is 1. The van der Waals surface area contributed by atoms with Crippen LogP contribution >= 0.6 is 11.8 Å². The van der Waals surface area contributed by atoms with Gasteiger partial charge in [-0.2, -0.15) is 0 Å². The molecule has 2 aliphatic rings. The van der Waals surface area contributed by atoms with Crippen LogP contribution in [0.5, 0.6) is 5.75 Å². The predicted octanol–water partition coefficient (Wildman–Crippen LogP) is 7.55. The summed E-state index contributed by atoms with van der Waals surface area (Å²) in [4.78, 5) is 33.3. The summed E-state index contributed by atoms with van der Waals surface area (Å²) < 4.78 is 7.10. The third kappa shape index (κ3) is 5.01. The number of rotatable bonds is 6. The summed E-state index contributed by atoms with van der Waals surface area (Å²) in [6.07, 6.45) is 6.22. The van der Waals surface area contributed by atoms with Crippen LogP contribution in [0.15, 0.2) is 101 Å². The second-order valence-electron chi connectivity index (χ2n) is 11.5. The van der Waals surface area contributed by atoms with Crippen LogP contribution in [0, 0.1) is 0 Å². The second-order valence-corrected chi connectivity index (χ2v) is 12.4. The zero-order valence-electron chi connectivity index (χ0n) is 24.1. The molecule has 0 saturated heterocycles. The first-order valence-corrected chi connectivity index (χ1v) is 15.9. The molecule has 1 amide bonds. The van der Waals surface area contributed by atoms with Gasteiger partial charge in [-0.25, -0.2) is 4.98 Å². The van der Waals surface area contributed by atoms with Gasteiger partial charge in [0.25, 0.3) is 5.56 Å². The Kier molecular flexibility index (Phi) is 7.27. The topological polar surface area (TPSA) is 73.2 Å². The number of carbonyl (C=O) groups excluding carboxylic acids is 1. The van der Waals surface area contributed by atoms with Crippen molar-refractivity contribution in [1.82, 2.24) is 9.55 Å². The molecule has 1 spiro atoms. The first kappa shape index (κ1) is 27.5. The third-order valence-electron chi connectivity index (χ3n) is 8.92. The standard InChI is InChI=1S/C36H33N3O3S/c1-42-27-18-16-26(17-19-27)39-34(41)32-33(29-14-6-4-11-25(29)22-36(32)20-7-2-8-21-36)38-35(39)43-23-31(40)37-30-15-9-12-24-10-3-5-13-28(24)30/h3-6,9-19H,2,7-8,20-23H2,1H3,(H,37,40). The molecular weight excluding hydrogens is 554 g/mol. The summed E-state index contributed by atoms with van der Waals surface area (Å²) in [5.41, 5.74) is 5.08. The summed E-state index contributed by atoms with van der Waals surface area (Å²) in [6.45, 7) is 0. The molecule has 7 heteroatoms. The molecule has 1 saturated carbocycles. The summed E-state index contributed by atoms with van der Waals surface area (Å²) in [5.74, 6) is 0.667. The minimum absolute atomic E-state index is 0.0384. The van der Waals surface area contributed by atoms with Gasteiger partial charge in [-0.05, 0) is 60.5 Å². The first-order valence-electron chi connectivity index (χ1n) is 14.9.